The molecule has 2 rings (SSSR count). The second-order valence-corrected chi connectivity index (χ2v) is 6.25. The van der Waals surface area contributed by atoms with Crippen molar-refractivity contribution in [2.75, 3.05) is 12.8 Å². The first kappa shape index (κ1) is 19.8. The normalized spacial score (nSPS) is 11.1. The highest BCUT2D eigenvalue weighted by Gasteiger charge is 2.13. The van der Waals surface area contributed by atoms with E-state index in [1.165, 1.54) is 7.11 Å². The van der Waals surface area contributed by atoms with Crippen molar-refractivity contribution >= 4 is 46.3 Å². The average molecular weight is 393 g/mol. The Morgan fingerprint density at radius 2 is 1.85 bits per heavy atom. The zero-order valence-corrected chi connectivity index (χ0v) is 15.6. The molecule has 2 aromatic rings. The van der Waals surface area contributed by atoms with Gasteiger partial charge in [0.15, 0.2) is 0 Å². The molecule has 0 radical (unpaired) electrons. The quantitative estimate of drug-likeness (QED) is 0.302. The van der Waals surface area contributed by atoms with Crippen LogP contribution < -0.4 is 11.1 Å². The van der Waals surface area contributed by atoms with E-state index in [1.54, 1.807) is 12.1 Å². The molecule has 0 bridgehead atoms. The molecule has 0 saturated heterocycles. The van der Waals surface area contributed by atoms with Gasteiger partial charge in [0.25, 0.3) is 0 Å². The first-order valence-corrected chi connectivity index (χ1v) is 8.42. The fraction of sp³-hybridized carbons (Fsp3) is 0.167. The third kappa shape index (κ3) is 5.47. The first-order chi connectivity index (χ1) is 12.4. The number of nitrogens with one attached hydrogen (secondary N) is 2. The number of carbonyl (C=O) groups is 1. The lowest BCUT2D eigenvalue weighted by molar-refractivity contribution is -0.118. The maximum absolute atomic E-state index is 12.2. The number of anilines is 1. The Labute approximate surface area is 161 Å². The number of halogens is 2. The van der Waals surface area contributed by atoms with Crippen molar-refractivity contribution in [1.29, 1.82) is 5.41 Å². The van der Waals surface area contributed by atoms with Crippen LogP contribution in [0.25, 0.3) is 0 Å². The molecule has 0 aliphatic rings. The summed E-state index contributed by atoms with van der Waals surface area (Å²) in [7, 11) is 1.41. The van der Waals surface area contributed by atoms with Gasteiger partial charge in [-0.1, -0.05) is 58.7 Å². The lowest BCUT2D eigenvalue weighted by Crippen LogP contribution is -2.32. The zero-order valence-electron chi connectivity index (χ0n) is 14.1. The first-order valence-electron chi connectivity index (χ1n) is 7.66. The Morgan fingerprint density at radius 1 is 1.23 bits per heavy atom. The van der Waals surface area contributed by atoms with Crippen LogP contribution in [0.5, 0.6) is 0 Å². The molecule has 0 unspecified atom stereocenters. The molecule has 6 nitrogen and oxygen atoms in total. The van der Waals surface area contributed by atoms with Gasteiger partial charge in [-0.2, -0.15) is 0 Å². The van der Waals surface area contributed by atoms with E-state index < -0.39 is 0 Å². The number of rotatable bonds is 6. The van der Waals surface area contributed by atoms with E-state index in [2.05, 4.69) is 10.5 Å². The Balaban J connectivity index is 2.00. The summed E-state index contributed by atoms with van der Waals surface area (Å²) >= 11 is 12.0. The average Bonchev–Trinajstić information content (AvgIpc) is 2.59. The summed E-state index contributed by atoms with van der Waals surface area (Å²) in [5.74, 6) is -0.362. The number of nitrogens with two attached hydrogens (primary N) is 1. The molecule has 0 aliphatic carbocycles. The highest BCUT2D eigenvalue weighted by Crippen LogP contribution is 2.28. The van der Waals surface area contributed by atoms with Crippen LogP contribution >= 0.6 is 23.2 Å². The molecule has 1 amide bonds. The monoisotopic (exact) mass is 392 g/mol. The highest BCUT2D eigenvalue weighted by molar-refractivity contribution is 6.39. The molecule has 0 atom stereocenters. The number of amides is 1. The highest BCUT2D eigenvalue weighted by atomic mass is 35.5. The van der Waals surface area contributed by atoms with E-state index in [0.717, 1.165) is 5.56 Å². The predicted molar refractivity (Wildman–Crippen MR) is 105 cm³/mol. The Morgan fingerprint density at radius 3 is 2.42 bits per heavy atom. The van der Waals surface area contributed by atoms with Crippen molar-refractivity contribution in [1.82, 2.24) is 5.32 Å². The van der Waals surface area contributed by atoms with Gasteiger partial charge in [0.05, 0.1) is 27.9 Å². The van der Waals surface area contributed by atoms with Gasteiger partial charge in [0, 0.05) is 6.42 Å². The maximum Gasteiger partial charge on any atom is 0.231 e. The molecule has 0 fully saturated rings. The minimum atomic E-state index is -0.373. The molecule has 0 aliphatic heterocycles. The fourth-order valence-electron chi connectivity index (χ4n) is 2.28. The van der Waals surface area contributed by atoms with Crippen LogP contribution in [0.3, 0.4) is 0 Å². The predicted octanol–water partition coefficient (Wildman–Crippen LogP) is 3.65. The topological polar surface area (TPSA) is 101 Å². The van der Waals surface area contributed by atoms with Gasteiger partial charge in [-0.15, -0.1) is 0 Å². The lowest BCUT2D eigenvalue weighted by atomic mass is 10.1. The van der Waals surface area contributed by atoms with E-state index in [0.29, 0.717) is 21.3 Å². The number of oxime groups is 1. The molecule has 0 spiro atoms. The molecule has 2 aromatic carbocycles. The number of hydrogen-bond donors (Lipinski definition) is 3. The number of nitrogens with zero attached hydrogens (tertiary/aromatic N) is 1. The third-order valence-electron chi connectivity index (χ3n) is 3.45. The van der Waals surface area contributed by atoms with Crippen molar-refractivity contribution in [2.24, 2.45) is 5.16 Å². The number of hydrogen-bond acceptors (Lipinski definition) is 5. The molecular formula is C18H18Cl2N4O2. The summed E-state index contributed by atoms with van der Waals surface area (Å²) in [5, 5.41) is 15.0. The van der Waals surface area contributed by atoms with Crippen molar-refractivity contribution in [3.8, 4) is 0 Å². The van der Waals surface area contributed by atoms with Crippen molar-refractivity contribution < 1.29 is 9.63 Å². The number of benzene rings is 2. The lowest BCUT2D eigenvalue weighted by Gasteiger charge is -2.10. The fourth-order valence-corrected chi connectivity index (χ4v) is 2.81. The van der Waals surface area contributed by atoms with Crippen molar-refractivity contribution in [2.45, 2.75) is 12.8 Å². The van der Waals surface area contributed by atoms with E-state index in [4.69, 9.17) is 39.2 Å². The summed E-state index contributed by atoms with van der Waals surface area (Å²) < 4.78 is 0. The second-order valence-electron chi connectivity index (χ2n) is 5.44. The minimum Gasteiger partial charge on any atom is -0.399 e. The summed E-state index contributed by atoms with van der Waals surface area (Å²) in [6, 6.07) is 12.4. The van der Waals surface area contributed by atoms with E-state index in [1.807, 2.05) is 30.3 Å². The molecule has 0 saturated carbocycles. The standard InChI is InChI=1S/C18H18Cl2N4O2/c1-26-24-15(12-5-3-2-4-6-12)10-17(25)23-16(21)9-11-7-13(19)18(22)14(20)8-11/h2-8H,9-10,22H2,1H3,(H2,21,23,25)/b24-15-. The second kappa shape index (κ2) is 9.22. The van der Waals surface area contributed by atoms with Crippen LogP contribution in [0.4, 0.5) is 5.69 Å². The molecule has 8 heteroatoms. The molecule has 0 heterocycles. The molecule has 4 N–H and O–H groups in total. The Kier molecular flexibility index (Phi) is 7.00. The van der Waals surface area contributed by atoms with Gasteiger partial charge in [0.1, 0.15) is 12.9 Å². The largest absolute Gasteiger partial charge is 0.399 e. The van der Waals surface area contributed by atoms with Gasteiger partial charge >= 0.3 is 0 Å². The number of carbonyl (C=O) groups excluding carboxylic acids is 1. The molecule has 26 heavy (non-hydrogen) atoms. The van der Waals surface area contributed by atoms with Gasteiger partial charge in [-0.05, 0) is 23.3 Å². The van der Waals surface area contributed by atoms with Crippen LogP contribution in [0.1, 0.15) is 17.5 Å². The molecule has 0 aromatic heterocycles. The van der Waals surface area contributed by atoms with Crippen LogP contribution in [-0.2, 0) is 16.1 Å². The third-order valence-corrected chi connectivity index (χ3v) is 4.07. The van der Waals surface area contributed by atoms with Gasteiger partial charge < -0.3 is 15.9 Å². The van der Waals surface area contributed by atoms with Gasteiger partial charge in [-0.3, -0.25) is 10.2 Å². The Bertz CT molecular complexity index is 815. The summed E-state index contributed by atoms with van der Waals surface area (Å²) in [5.41, 5.74) is 7.89. The van der Waals surface area contributed by atoms with Crippen LogP contribution in [0, 0.1) is 5.41 Å². The minimum absolute atomic E-state index is 0.0109. The smallest absolute Gasteiger partial charge is 0.231 e. The summed E-state index contributed by atoms with van der Waals surface area (Å²) in [6.45, 7) is 0. The van der Waals surface area contributed by atoms with Crippen LogP contribution in [0.15, 0.2) is 47.6 Å². The van der Waals surface area contributed by atoms with Gasteiger partial charge in [0.2, 0.25) is 5.91 Å². The Hall–Kier alpha value is -2.57. The molecular weight excluding hydrogens is 375 g/mol. The maximum atomic E-state index is 12.2. The van der Waals surface area contributed by atoms with Crippen LogP contribution in [0.2, 0.25) is 10.0 Å². The van der Waals surface area contributed by atoms with Gasteiger partial charge in [-0.25, -0.2) is 0 Å². The summed E-state index contributed by atoms with van der Waals surface area (Å²) in [4.78, 5) is 17.0. The SMILES string of the molecule is CO/N=C(/CC(=O)NC(=N)Cc1cc(Cl)c(N)c(Cl)c1)c1ccccc1. The van der Waals surface area contributed by atoms with Crippen molar-refractivity contribution in [3.63, 3.8) is 0 Å². The van der Waals surface area contributed by atoms with Crippen LogP contribution in [-0.4, -0.2) is 24.6 Å². The molecule has 136 valence electrons. The number of nitrogen functional groups attached to an aromatic ring is 1. The van der Waals surface area contributed by atoms with E-state index >= 15 is 0 Å². The zero-order chi connectivity index (χ0) is 19.1. The summed E-state index contributed by atoms with van der Waals surface area (Å²) in [6.07, 6.45) is 0.136. The van der Waals surface area contributed by atoms with E-state index in [-0.39, 0.29) is 30.3 Å². The van der Waals surface area contributed by atoms with E-state index in [9.17, 15) is 4.79 Å². The van der Waals surface area contributed by atoms with Crippen molar-refractivity contribution in [3.05, 3.63) is 63.6 Å². The number of amidine groups is 1.